The summed E-state index contributed by atoms with van der Waals surface area (Å²) in [5, 5.41) is 3.36. The van der Waals surface area contributed by atoms with Gasteiger partial charge in [0.25, 0.3) is 0 Å². The van der Waals surface area contributed by atoms with Gasteiger partial charge in [-0.25, -0.2) is 0 Å². The highest BCUT2D eigenvalue weighted by Gasteiger charge is 2.00. The van der Waals surface area contributed by atoms with Crippen LogP contribution in [0.4, 0.5) is 0 Å². The molecule has 0 saturated carbocycles. The van der Waals surface area contributed by atoms with Crippen molar-refractivity contribution in [3.05, 3.63) is 0 Å². The number of nitrogens with one attached hydrogen (secondary N) is 1. The second-order valence-corrected chi connectivity index (χ2v) is 3.57. The second-order valence-electron chi connectivity index (χ2n) is 3.13. The summed E-state index contributed by atoms with van der Waals surface area (Å²) in [6.07, 6.45) is 2.40. The van der Waals surface area contributed by atoms with Crippen LogP contribution in [0.2, 0.25) is 0 Å². The average Bonchev–Trinajstić information content (AvgIpc) is 2.04. The van der Waals surface area contributed by atoms with Crippen molar-refractivity contribution in [3.8, 4) is 0 Å². The van der Waals surface area contributed by atoms with Crippen LogP contribution < -0.4 is 11.1 Å². The van der Waals surface area contributed by atoms with E-state index < -0.39 is 0 Å². The molecule has 0 fully saturated rings. The van der Waals surface area contributed by atoms with Crippen molar-refractivity contribution < 1.29 is 0 Å². The van der Waals surface area contributed by atoms with Gasteiger partial charge in [-0.15, -0.1) is 0 Å². The lowest BCUT2D eigenvalue weighted by atomic mass is 10.3. The zero-order chi connectivity index (χ0) is 10.1. The molecule has 0 aromatic carbocycles. The number of nitrogens with zero attached hydrogens (tertiary/aromatic N) is 1. The van der Waals surface area contributed by atoms with Crippen molar-refractivity contribution in [1.29, 1.82) is 0 Å². The number of rotatable bonds is 7. The molecule has 0 atom stereocenters. The van der Waals surface area contributed by atoms with Crippen LogP contribution in [0.5, 0.6) is 0 Å². The van der Waals surface area contributed by atoms with E-state index in [1.165, 1.54) is 12.8 Å². The summed E-state index contributed by atoms with van der Waals surface area (Å²) in [7, 11) is 0. The third-order valence-electron chi connectivity index (χ3n) is 1.81. The van der Waals surface area contributed by atoms with Crippen molar-refractivity contribution >= 4 is 17.3 Å². The van der Waals surface area contributed by atoms with Crippen molar-refractivity contribution in [2.24, 2.45) is 5.73 Å². The normalized spacial score (nSPS) is 10.4. The van der Waals surface area contributed by atoms with Gasteiger partial charge in [-0.3, -0.25) is 0 Å². The van der Waals surface area contributed by atoms with Gasteiger partial charge in [0.2, 0.25) is 0 Å². The Balaban J connectivity index is 3.49. The van der Waals surface area contributed by atoms with Crippen molar-refractivity contribution in [1.82, 2.24) is 10.2 Å². The van der Waals surface area contributed by atoms with Crippen LogP contribution >= 0.6 is 12.2 Å². The highest BCUT2D eigenvalue weighted by atomic mass is 32.1. The Hall–Kier alpha value is -0.350. The van der Waals surface area contributed by atoms with Crippen LogP contribution in [0.15, 0.2) is 0 Å². The zero-order valence-corrected chi connectivity index (χ0v) is 9.49. The first kappa shape index (κ1) is 12.7. The molecule has 0 unspecified atom stereocenters. The minimum absolute atomic E-state index is 0.396. The molecule has 3 N–H and O–H groups in total. The maximum atomic E-state index is 5.33. The van der Waals surface area contributed by atoms with Crippen molar-refractivity contribution in [2.45, 2.75) is 26.7 Å². The highest BCUT2D eigenvalue weighted by Crippen LogP contribution is 1.92. The average molecular weight is 203 g/mol. The number of nitrogens with two attached hydrogens (primary N) is 1. The molecule has 4 heteroatoms. The lowest BCUT2D eigenvalue weighted by Gasteiger charge is -2.20. The minimum atomic E-state index is 0.396. The van der Waals surface area contributed by atoms with Gasteiger partial charge in [0.1, 0.15) is 0 Å². The van der Waals surface area contributed by atoms with E-state index in [1.807, 2.05) is 0 Å². The molecule has 0 amide bonds. The van der Waals surface area contributed by atoms with Gasteiger partial charge in [0, 0.05) is 13.1 Å². The van der Waals surface area contributed by atoms with E-state index >= 15 is 0 Å². The Morgan fingerprint density at radius 3 is 2.15 bits per heavy atom. The van der Waals surface area contributed by atoms with Gasteiger partial charge >= 0.3 is 0 Å². The van der Waals surface area contributed by atoms with E-state index in [0.29, 0.717) is 5.11 Å². The minimum Gasteiger partial charge on any atom is -0.376 e. The van der Waals surface area contributed by atoms with E-state index in [4.69, 9.17) is 18.0 Å². The number of hydrogen-bond acceptors (Lipinski definition) is 2. The molecule has 3 nitrogen and oxygen atoms in total. The molecule has 13 heavy (non-hydrogen) atoms. The van der Waals surface area contributed by atoms with E-state index in [1.54, 1.807) is 0 Å². The number of hydrogen-bond donors (Lipinski definition) is 2. The standard InChI is InChI=1S/C9H21N3S/c1-3-6-12(7-4-2)8-5-11-9(10)13/h3-8H2,1-2H3,(H3,10,11,13). The van der Waals surface area contributed by atoms with Crippen molar-refractivity contribution in [3.63, 3.8) is 0 Å². The topological polar surface area (TPSA) is 41.3 Å². The van der Waals surface area contributed by atoms with Gasteiger partial charge in [-0.05, 0) is 38.1 Å². The molecule has 0 aliphatic heterocycles. The third kappa shape index (κ3) is 7.99. The smallest absolute Gasteiger partial charge is 0.163 e. The Kier molecular flexibility index (Phi) is 8.04. The lowest BCUT2D eigenvalue weighted by molar-refractivity contribution is 0.279. The molecule has 0 spiro atoms. The highest BCUT2D eigenvalue weighted by molar-refractivity contribution is 7.80. The fourth-order valence-electron chi connectivity index (χ4n) is 1.31. The predicted molar refractivity (Wildman–Crippen MR) is 61.8 cm³/mol. The third-order valence-corrected chi connectivity index (χ3v) is 1.95. The fraction of sp³-hybridized carbons (Fsp3) is 0.889. The van der Waals surface area contributed by atoms with Gasteiger partial charge in [0.05, 0.1) is 0 Å². The summed E-state index contributed by atoms with van der Waals surface area (Å²) in [4.78, 5) is 2.42. The fourth-order valence-corrected chi connectivity index (χ4v) is 1.41. The summed E-state index contributed by atoms with van der Waals surface area (Å²) in [6, 6.07) is 0. The molecular weight excluding hydrogens is 182 g/mol. The molecule has 0 aliphatic rings. The first-order valence-corrected chi connectivity index (χ1v) is 5.37. The quantitative estimate of drug-likeness (QED) is 0.604. The molecule has 0 aromatic rings. The summed E-state index contributed by atoms with van der Waals surface area (Å²) in [5.41, 5.74) is 5.33. The Bertz CT molecular complexity index is 133. The molecule has 0 bridgehead atoms. The van der Waals surface area contributed by atoms with Crippen LogP contribution in [-0.4, -0.2) is 36.2 Å². The van der Waals surface area contributed by atoms with Crippen molar-refractivity contribution in [2.75, 3.05) is 26.2 Å². The molecular formula is C9H21N3S. The summed E-state index contributed by atoms with van der Waals surface area (Å²) in [5.74, 6) is 0. The Morgan fingerprint density at radius 1 is 1.23 bits per heavy atom. The number of thiocarbonyl (C=S) groups is 1. The largest absolute Gasteiger partial charge is 0.376 e. The molecule has 0 rings (SSSR count). The van der Waals surface area contributed by atoms with Crippen LogP contribution in [0.3, 0.4) is 0 Å². The Labute approximate surface area is 86.7 Å². The first-order valence-electron chi connectivity index (χ1n) is 4.96. The second kappa shape index (κ2) is 8.26. The van der Waals surface area contributed by atoms with Gasteiger partial charge in [-0.2, -0.15) is 0 Å². The van der Waals surface area contributed by atoms with E-state index in [-0.39, 0.29) is 0 Å². The maximum Gasteiger partial charge on any atom is 0.163 e. The molecule has 0 heterocycles. The van der Waals surface area contributed by atoms with Gasteiger partial charge < -0.3 is 16.0 Å². The molecule has 0 saturated heterocycles. The van der Waals surface area contributed by atoms with Gasteiger partial charge in [-0.1, -0.05) is 13.8 Å². The predicted octanol–water partition coefficient (Wildman–Crippen LogP) is 0.942. The van der Waals surface area contributed by atoms with Crippen LogP contribution in [-0.2, 0) is 0 Å². The molecule has 0 radical (unpaired) electrons. The molecule has 0 aliphatic carbocycles. The van der Waals surface area contributed by atoms with E-state index in [2.05, 4.69) is 24.1 Å². The van der Waals surface area contributed by atoms with Crippen LogP contribution in [0.25, 0.3) is 0 Å². The Morgan fingerprint density at radius 2 is 1.77 bits per heavy atom. The SMILES string of the molecule is CCCN(CCC)CCNC(N)=S. The summed E-state index contributed by atoms with van der Waals surface area (Å²) >= 11 is 4.72. The van der Waals surface area contributed by atoms with E-state index in [0.717, 1.165) is 26.2 Å². The van der Waals surface area contributed by atoms with Gasteiger partial charge in [0.15, 0.2) is 5.11 Å². The zero-order valence-electron chi connectivity index (χ0n) is 8.68. The first-order chi connectivity index (χ1) is 6.20. The molecule has 78 valence electrons. The summed E-state index contributed by atoms with van der Waals surface area (Å²) < 4.78 is 0. The maximum absolute atomic E-state index is 5.33. The van der Waals surface area contributed by atoms with Crippen LogP contribution in [0.1, 0.15) is 26.7 Å². The molecule has 0 aromatic heterocycles. The monoisotopic (exact) mass is 203 g/mol. The lowest BCUT2D eigenvalue weighted by Crippen LogP contribution is -2.37. The van der Waals surface area contributed by atoms with Crippen LogP contribution in [0, 0.1) is 0 Å². The van der Waals surface area contributed by atoms with E-state index in [9.17, 15) is 0 Å². The summed E-state index contributed by atoms with van der Waals surface area (Å²) in [6.45, 7) is 8.60.